The summed E-state index contributed by atoms with van der Waals surface area (Å²) in [6, 6.07) is 13.2. The van der Waals surface area contributed by atoms with Gasteiger partial charge in [-0.25, -0.2) is 0 Å². The van der Waals surface area contributed by atoms with Gasteiger partial charge >= 0.3 is 0 Å². The summed E-state index contributed by atoms with van der Waals surface area (Å²) in [6.45, 7) is 2.27. The Bertz CT molecular complexity index is 937. The Labute approximate surface area is 171 Å². The second-order valence-electron chi connectivity index (χ2n) is 7.41. The molecule has 0 aliphatic carbocycles. The molecule has 0 fully saturated rings. The Kier molecular flexibility index (Phi) is 6.34. The summed E-state index contributed by atoms with van der Waals surface area (Å²) in [5.41, 5.74) is 3.69. The van der Waals surface area contributed by atoms with Crippen LogP contribution < -0.4 is 10.1 Å². The Morgan fingerprint density at radius 2 is 1.93 bits per heavy atom. The largest absolute Gasteiger partial charge is 0.495 e. The number of hydrogen-bond acceptors (Lipinski definition) is 4. The maximum Gasteiger partial charge on any atom is 0.226 e. The van der Waals surface area contributed by atoms with Gasteiger partial charge in [-0.2, -0.15) is 0 Å². The van der Waals surface area contributed by atoms with E-state index in [1.54, 1.807) is 18.2 Å². The molecular weight excluding hydrogens is 366 g/mol. The summed E-state index contributed by atoms with van der Waals surface area (Å²) < 4.78 is 5.41. The van der Waals surface area contributed by atoms with Crippen LogP contribution in [0.2, 0.25) is 0 Å². The van der Waals surface area contributed by atoms with E-state index in [0.29, 0.717) is 11.4 Å². The molecule has 0 bridgehead atoms. The van der Waals surface area contributed by atoms with Crippen LogP contribution in [0.25, 0.3) is 6.08 Å². The highest BCUT2D eigenvalue weighted by Gasteiger charge is 2.28. The lowest BCUT2D eigenvalue weighted by molar-refractivity contribution is -0.129. The van der Waals surface area contributed by atoms with Crippen molar-refractivity contribution in [3.05, 3.63) is 65.4 Å². The number of ether oxygens (including phenoxy) is 1. The standard InChI is InChI=1S/C23H27N3O3/c1-16(27)26-12-11-18-7-5-6-8-19(18)21(26)14-23(28)24-20-13-17(15-25(2)3)9-10-22(20)29-4/h5-13,21H,14-15H2,1-4H3,(H,24,28). The molecule has 0 spiro atoms. The SMILES string of the molecule is COc1ccc(CN(C)C)cc1NC(=O)CC1c2ccccc2C=CN1C(C)=O. The van der Waals surface area contributed by atoms with Crippen molar-refractivity contribution < 1.29 is 14.3 Å². The number of carbonyl (C=O) groups excluding carboxylic acids is 2. The first-order chi connectivity index (χ1) is 13.9. The molecule has 3 rings (SSSR count). The predicted molar refractivity (Wildman–Crippen MR) is 114 cm³/mol. The quantitative estimate of drug-likeness (QED) is 0.814. The molecule has 1 aliphatic heterocycles. The van der Waals surface area contributed by atoms with Crippen molar-refractivity contribution >= 4 is 23.6 Å². The van der Waals surface area contributed by atoms with E-state index in [1.807, 2.05) is 62.6 Å². The Morgan fingerprint density at radius 3 is 2.62 bits per heavy atom. The van der Waals surface area contributed by atoms with E-state index < -0.39 is 0 Å². The number of amides is 2. The molecule has 152 valence electrons. The third-order valence-electron chi connectivity index (χ3n) is 4.88. The molecule has 0 aromatic heterocycles. The van der Waals surface area contributed by atoms with E-state index in [1.165, 1.54) is 6.92 Å². The molecule has 2 aromatic rings. The van der Waals surface area contributed by atoms with Gasteiger partial charge in [-0.05, 0) is 49.0 Å². The molecule has 2 amide bonds. The zero-order valence-electron chi connectivity index (χ0n) is 17.3. The average Bonchev–Trinajstić information content (AvgIpc) is 2.67. The number of nitrogens with one attached hydrogen (secondary N) is 1. The fraction of sp³-hybridized carbons (Fsp3) is 0.304. The number of nitrogens with zero attached hydrogens (tertiary/aromatic N) is 2. The zero-order valence-corrected chi connectivity index (χ0v) is 17.3. The van der Waals surface area contributed by atoms with Crippen LogP contribution in [0, 0.1) is 0 Å². The monoisotopic (exact) mass is 393 g/mol. The van der Waals surface area contributed by atoms with Crippen LogP contribution in [0.15, 0.2) is 48.7 Å². The van der Waals surface area contributed by atoms with Gasteiger partial charge in [0, 0.05) is 19.7 Å². The van der Waals surface area contributed by atoms with Gasteiger partial charge in [-0.1, -0.05) is 30.3 Å². The first-order valence-electron chi connectivity index (χ1n) is 9.56. The van der Waals surface area contributed by atoms with E-state index in [0.717, 1.165) is 23.2 Å². The molecule has 2 aromatic carbocycles. The minimum absolute atomic E-state index is 0.0980. The number of methoxy groups -OCH3 is 1. The highest BCUT2D eigenvalue weighted by Crippen LogP contribution is 2.34. The van der Waals surface area contributed by atoms with Crippen LogP contribution in [-0.4, -0.2) is 42.8 Å². The molecule has 0 saturated heterocycles. The van der Waals surface area contributed by atoms with E-state index >= 15 is 0 Å². The van der Waals surface area contributed by atoms with Crippen LogP contribution in [0.3, 0.4) is 0 Å². The van der Waals surface area contributed by atoms with Gasteiger partial charge in [0.1, 0.15) is 5.75 Å². The number of carbonyl (C=O) groups is 2. The molecule has 1 heterocycles. The van der Waals surface area contributed by atoms with Crippen LogP contribution in [0.5, 0.6) is 5.75 Å². The van der Waals surface area contributed by atoms with Gasteiger partial charge in [0.15, 0.2) is 0 Å². The zero-order chi connectivity index (χ0) is 21.0. The molecule has 1 N–H and O–H groups in total. The number of anilines is 1. The number of fused-ring (bicyclic) bond motifs is 1. The van der Waals surface area contributed by atoms with Crippen molar-refractivity contribution in [2.75, 3.05) is 26.5 Å². The number of benzene rings is 2. The van der Waals surface area contributed by atoms with Gasteiger partial charge in [0.05, 0.1) is 25.3 Å². The van der Waals surface area contributed by atoms with Crippen molar-refractivity contribution in [3.63, 3.8) is 0 Å². The van der Waals surface area contributed by atoms with E-state index in [9.17, 15) is 9.59 Å². The summed E-state index contributed by atoms with van der Waals surface area (Å²) in [7, 11) is 5.57. The fourth-order valence-electron chi connectivity index (χ4n) is 3.61. The highest BCUT2D eigenvalue weighted by atomic mass is 16.5. The van der Waals surface area contributed by atoms with Gasteiger partial charge in [0.2, 0.25) is 11.8 Å². The summed E-state index contributed by atoms with van der Waals surface area (Å²) >= 11 is 0. The summed E-state index contributed by atoms with van der Waals surface area (Å²) in [5, 5.41) is 2.97. The Morgan fingerprint density at radius 1 is 1.17 bits per heavy atom. The van der Waals surface area contributed by atoms with E-state index in [2.05, 4.69) is 10.2 Å². The van der Waals surface area contributed by atoms with Gasteiger partial charge < -0.3 is 19.9 Å². The van der Waals surface area contributed by atoms with Crippen molar-refractivity contribution in [1.29, 1.82) is 0 Å². The second kappa shape index (κ2) is 8.92. The normalized spacial score (nSPS) is 15.2. The lowest BCUT2D eigenvalue weighted by Gasteiger charge is -2.32. The average molecular weight is 393 g/mol. The molecular formula is C23H27N3O3. The topological polar surface area (TPSA) is 61.9 Å². The highest BCUT2D eigenvalue weighted by molar-refractivity contribution is 5.93. The van der Waals surface area contributed by atoms with Crippen molar-refractivity contribution in [2.24, 2.45) is 0 Å². The van der Waals surface area contributed by atoms with E-state index in [4.69, 9.17) is 4.74 Å². The first kappa shape index (κ1) is 20.6. The molecule has 1 aliphatic rings. The van der Waals surface area contributed by atoms with Gasteiger partial charge in [-0.15, -0.1) is 0 Å². The minimum Gasteiger partial charge on any atom is -0.495 e. The lowest BCUT2D eigenvalue weighted by Crippen LogP contribution is -2.33. The van der Waals surface area contributed by atoms with Crippen LogP contribution in [0.1, 0.15) is 36.1 Å². The maximum absolute atomic E-state index is 12.9. The van der Waals surface area contributed by atoms with Crippen LogP contribution in [0.4, 0.5) is 5.69 Å². The summed E-state index contributed by atoms with van der Waals surface area (Å²) in [4.78, 5) is 28.7. The Hall–Kier alpha value is -3.12. The molecule has 6 heteroatoms. The smallest absolute Gasteiger partial charge is 0.226 e. The first-order valence-corrected chi connectivity index (χ1v) is 9.56. The van der Waals surface area contributed by atoms with Crippen molar-refractivity contribution in [1.82, 2.24) is 9.80 Å². The third-order valence-corrected chi connectivity index (χ3v) is 4.88. The predicted octanol–water partition coefficient (Wildman–Crippen LogP) is 3.66. The maximum atomic E-state index is 12.9. The summed E-state index contributed by atoms with van der Waals surface area (Å²) in [6.07, 6.45) is 3.81. The van der Waals surface area contributed by atoms with E-state index in [-0.39, 0.29) is 24.3 Å². The Balaban J connectivity index is 1.82. The third kappa shape index (κ3) is 4.84. The van der Waals surface area contributed by atoms with Crippen molar-refractivity contribution in [3.8, 4) is 5.75 Å². The van der Waals surface area contributed by atoms with Crippen LogP contribution in [-0.2, 0) is 16.1 Å². The van der Waals surface area contributed by atoms with Gasteiger partial charge in [0.25, 0.3) is 0 Å². The molecule has 0 radical (unpaired) electrons. The minimum atomic E-state index is -0.343. The summed E-state index contributed by atoms with van der Waals surface area (Å²) in [5.74, 6) is 0.332. The number of rotatable bonds is 6. The molecule has 6 nitrogen and oxygen atoms in total. The molecule has 1 unspecified atom stereocenters. The van der Waals surface area contributed by atoms with Gasteiger partial charge in [-0.3, -0.25) is 9.59 Å². The van der Waals surface area contributed by atoms with Crippen LogP contribution >= 0.6 is 0 Å². The molecule has 0 saturated carbocycles. The van der Waals surface area contributed by atoms with Crippen molar-refractivity contribution in [2.45, 2.75) is 25.9 Å². The number of hydrogen-bond donors (Lipinski definition) is 1. The fourth-order valence-corrected chi connectivity index (χ4v) is 3.61. The molecule has 1 atom stereocenters. The second-order valence-corrected chi connectivity index (χ2v) is 7.41. The lowest BCUT2D eigenvalue weighted by atomic mass is 9.93. The molecule has 29 heavy (non-hydrogen) atoms.